The Kier molecular flexibility index (Phi) is 6.23. The standard InChI is InChI=1S/C13H14Cl2F2N2O.ClH/c14-7-1-2-8(11(15)3-7)9-4-10(9)12(20)19-6-13(16,17)5-18;/h1-3,9-10H,4-6,18H2,(H,19,20);1H. The van der Waals surface area contributed by atoms with E-state index in [0.29, 0.717) is 16.5 Å². The Hall–Kier alpha value is -0.620. The Morgan fingerprint density at radius 1 is 1.43 bits per heavy atom. The highest BCUT2D eigenvalue weighted by atomic mass is 35.5. The Morgan fingerprint density at radius 3 is 2.67 bits per heavy atom. The molecule has 1 aliphatic carbocycles. The number of hydrogen-bond donors (Lipinski definition) is 2. The van der Waals surface area contributed by atoms with Crippen LogP contribution in [0.1, 0.15) is 17.9 Å². The lowest BCUT2D eigenvalue weighted by Crippen LogP contribution is -2.42. The molecule has 0 aromatic heterocycles. The number of nitrogens with one attached hydrogen (secondary N) is 1. The summed E-state index contributed by atoms with van der Waals surface area (Å²) in [5.74, 6) is -3.82. The van der Waals surface area contributed by atoms with Gasteiger partial charge in [0.05, 0.1) is 13.1 Å². The molecule has 3 nitrogen and oxygen atoms in total. The molecular formula is C13H15Cl3F2N2O. The maximum absolute atomic E-state index is 13.0. The summed E-state index contributed by atoms with van der Waals surface area (Å²) in [6.07, 6.45) is 0.599. The van der Waals surface area contributed by atoms with Crippen molar-refractivity contribution in [2.75, 3.05) is 13.1 Å². The molecular weight excluding hydrogens is 345 g/mol. The number of carbonyl (C=O) groups excluding carboxylic acids is 1. The average molecular weight is 360 g/mol. The zero-order valence-corrected chi connectivity index (χ0v) is 13.2. The van der Waals surface area contributed by atoms with Crippen molar-refractivity contribution in [1.29, 1.82) is 0 Å². The van der Waals surface area contributed by atoms with Crippen molar-refractivity contribution in [2.45, 2.75) is 18.3 Å². The number of halogens is 5. The van der Waals surface area contributed by atoms with Crippen LogP contribution in [-0.4, -0.2) is 24.9 Å². The molecule has 1 aromatic carbocycles. The van der Waals surface area contributed by atoms with Crippen LogP contribution in [-0.2, 0) is 4.79 Å². The molecule has 1 saturated carbocycles. The van der Waals surface area contributed by atoms with Crippen LogP contribution in [0.4, 0.5) is 8.78 Å². The van der Waals surface area contributed by atoms with Crippen LogP contribution < -0.4 is 11.1 Å². The second-order valence-corrected chi connectivity index (χ2v) is 5.74. The molecule has 2 rings (SSSR count). The summed E-state index contributed by atoms with van der Waals surface area (Å²) in [7, 11) is 0. The topological polar surface area (TPSA) is 55.1 Å². The van der Waals surface area contributed by atoms with Crippen LogP contribution in [0.25, 0.3) is 0 Å². The van der Waals surface area contributed by atoms with Crippen molar-refractivity contribution in [1.82, 2.24) is 5.32 Å². The molecule has 1 fully saturated rings. The van der Waals surface area contributed by atoms with Gasteiger partial charge in [0.15, 0.2) is 0 Å². The molecule has 0 radical (unpaired) electrons. The number of alkyl halides is 2. The number of benzene rings is 1. The van der Waals surface area contributed by atoms with E-state index in [9.17, 15) is 13.6 Å². The lowest BCUT2D eigenvalue weighted by molar-refractivity contribution is -0.124. The molecule has 0 aliphatic heterocycles. The van der Waals surface area contributed by atoms with Crippen molar-refractivity contribution < 1.29 is 13.6 Å². The van der Waals surface area contributed by atoms with E-state index in [4.69, 9.17) is 28.9 Å². The second kappa shape index (κ2) is 7.09. The van der Waals surface area contributed by atoms with Crippen molar-refractivity contribution in [2.24, 2.45) is 11.7 Å². The van der Waals surface area contributed by atoms with Gasteiger partial charge >= 0.3 is 0 Å². The van der Waals surface area contributed by atoms with E-state index in [1.54, 1.807) is 18.2 Å². The molecule has 0 bridgehead atoms. The lowest BCUT2D eigenvalue weighted by Gasteiger charge is -2.14. The zero-order valence-electron chi connectivity index (χ0n) is 10.9. The summed E-state index contributed by atoms with van der Waals surface area (Å²) >= 11 is 11.9. The maximum Gasteiger partial charge on any atom is 0.277 e. The number of rotatable bonds is 5. The first-order valence-electron chi connectivity index (χ1n) is 6.14. The van der Waals surface area contributed by atoms with Gasteiger partial charge < -0.3 is 11.1 Å². The van der Waals surface area contributed by atoms with Gasteiger partial charge in [-0.3, -0.25) is 4.79 Å². The minimum absolute atomic E-state index is 0. The molecule has 21 heavy (non-hydrogen) atoms. The molecule has 0 saturated heterocycles. The predicted molar refractivity (Wildman–Crippen MR) is 81.6 cm³/mol. The van der Waals surface area contributed by atoms with Gasteiger partial charge in [0.1, 0.15) is 0 Å². The fourth-order valence-corrected chi connectivity index (χ4v) is 2.60. The smallest absolute Gasteiger partial charge is 0.277 e. The fraction of sp³-hybridized carbons (Fsp3) is 0.462. The largest absolute Gasteiger partial charge is 0.350 e. The maximum atomic E-state index is 13.0. The van der Waals surface area contributed by atoms with E-state index in [0.717, 1.165) is 5.56 Å². The number of hydrogen-bond acceptors (Lipinski definition) is 2. The van der Waals surface area contributed by atoms with Crippen LogP contribution in [0.15, 0.2) is 18.2 Å². The van der Waals surface area contributed by atoms with Crippen molar-refractivity contribution in [3.05, 3.63) is 33.8 Å². The Morgan fingerprint density at radius 2 is 2.10 bits per heavy atom. The minimum Gasteiger partial charge on any atom is -0.350 e. The van der Waals surface area contributed by atoms with Gasteiger partial charge in [-0.1, -0.05) is 29.3 Å². The SMILES string of the molecule is Cl.NCC(F)(F)CNC(=O)C1CC1c1ccc(Cl)cc1Cl. The normalized spacial score (nSPS) is 20.6. The van der Waals surface area contributed by atoms with E-state index >= 15 is 0 Å². The monoisotopic (exact) mass is 358 g/mol. The fourth-order valence-electron chi connectivity index (χ4n) is 2.05. The summed E-state index contributed by atoms with van der Waals surface area (Å²) in [6, 6.07) is 5.06. The molecule has 0 spiro atoms. The summed E-state index contributed by atoms with van der Waals surface area (Å²) < 4.78 is 25.9. The second-order valence-electron chi connectivity index (χ2n) is 4.89. The van der Waals surface area contributed by atoms with E-state index in [1.165, 1.54) is 0 Å². The van der Waals surface area contributed by atoms with Gasteiger partial charge in [-0.2, -0.15) is 0 Å². The summed E-state index contributed by atoms with van der Waals surface area (Å²) in [6.45, 7) is -1.52. The number of nitrogens with two attached hydrogens (primary N) is 1. The third kappa shape index (κ3) is 4.68. The highest BCUT2D eigenvalue weighted by Gasteiger charge is 2.45. The first kappa shape index (κ1) is 18.4. The van der Waals surface area contributed by atoms with Gasteiger partial charge in [0, 0.05) is 16.0 Å². The molecule has 1 amide bonds. The predicted octanol–water partition coefficient (Wildman–Crippen LogP) is 3.23. The molecule has 0 heterocycles. The van der Waals surface area contributed by atoms with Crippen LogP contribution in [0.5, 0.6) is 0 Å². The average Bonchev–Trinajstić information content (AvgIpc) is 3.16. The zero-order chi connectivity index (χ0) is 14.9. The van der Waals surface area contributed by atoms with Gasteiger partial charge in [0.25, 0.3) is 5.92 Å². The first-order valence-corrected chi connectivity index (χ1v) is 6.90. The Labute approximate surface area is 137 Å². The highest BCUT2D eigenvalue weighted by molar-refractivity contribution is 6.35. The third-order valence-electron chi connectivity index (χ3n) is 3.31. The van der Waals surface area contributed by atoms with E-state index in [2.05, 4.69) is 5.32 Å². The van der Waals surface area contributed by atoms with Gasteiger partial charge in [0.2, 0.25) is 5.91 Å². The third-order valence-corrected chi connectivity index (χ3v) is 3.87. The van der Waals surface area contributed by atoms with Crippen LogP contribution in [0.2, 0.25) is 10.0 Å². The van der Waals surface area contributed by atoms with Crippen molar-refractivity contribution >= 4 is 41.5 Å². The van der Waals surface area contributed by atoms with E-state index in [1.807, 2.05) is 0 Å². The molecule has 1 aromatic rings. The van der Waals surface area contributed by atoms with Gasteiger partial charge in [-0.15, -0.1) is 12.4 Å². The summed E-state index contributed by atoms with van der Waals surface area (Å²) in [4.78, 5) is 11.8. The lowest BCUT2D eigenvalue weighted by atomic mass is 10.1. The van der Waals surface area contributed by atoms with Crippen LogP contribution in [0, 0.1) is 5.92 Å². The Balaban J connectivity index is 0.00000220. The quantitative estimate of drug-likeness (QED) is 0.848. The van der Waals surface area contributed by atoms with Crippen LogP contribution in [0.3, 0.4) is 0 Å². The van der Waals surface area contributed by atoms with Gasteiger partial charge in [-0.05, 0) is 30.0 Å². The highest BCUT2D eigenvalue weighted by Crippen LogP contribution is 2.50. The molecule has 8 heteroatoms. The summed E-state index contributed by atoms with van der Waals surface area (Å²) in [5.41, 5.74) is 5.73. The van der Waals surface area contributed by atoms with Crippen molar-refractivity contribution in [3.63, 3.8) is 0 Å². The number of amides is 1. The van der Waals surface area contributed by atoms with E-state index in [-0.39, 0.29) is 24.2 Å². The Bertz CT molecular complexity index is 528. The molecule has 118 valence electrons. The van der Waals surface area contributed by atoms with Gasteiger partial charge in [-0.25, -0.2) is 8.78 Å². The molecule has 1 aliphatic rings. The number of carbonyl (C=O) groups is 1. The minimum atomic E-state index is -3.07. The van der Waals surface area contributed by atoms with E-state index < -0.39 is 24.9 Å². The first-order chi connectivity index (χ1) is 9.34. The molecule has 3 N–H and O–H groups in total. The molecule has 2 atom stereocenters. The van der Waals surface area contributed by atoms with Crippen molar-refractivity contribution in [3.8, 4) is 0 Å². The summed E-state index contributed by atoms with van der Waals surface area (Å²) in [5, 5.41) is 3.24. The molecule has 2 unspecified atom stereocenters. The van der Waals surface area contributed by atoms with Crippen LogP contribution >= 0.6 is 35.6 Å².